The molecule has 1 saturated heterocycles. The van der Waals surface area contributed by atoms with Crippen molar-refractivity contribution in [3.05, 3.63) is 29.0 Å². The number of hydrogen-bond acceptors (Lipinski definition) is 4. The lowest BCUT2D eigenvalue weighted by Gasteiger charge is -2.34. The Morgan fingerprint density at radius 1 is 1.27 bits per heavy atom. The molecule has 1 aromatic carbocycles. The van der Waals surface area contributed by atoms with Gasteiger partial charge in [0, 0.05) is 23.0 Å². The molecule has 22 heavy (non-hydrogen) atoms. The van der Waals surface area contributed by atoms with Crippen molar-refractivity contribution in [3.8, 4) is 0 Å². The molecule has 0 radical (unpaired) electrons. The van der Waals surface area contributed by atoms with Crippen molar-refractivity contribution < 1.29 is 4.42 Å². The first-order chi connectivity index (χ1) is 10.6. The molecule has 4 nitrogen and oxygen atoms in total. The number of rotatable bonds is 1. The molecule has 1 aliphatic rings. The molecule has 2 aromatic heterocycles. The number of aromatic nitrogens is 2. The lowest BCUT2D eigenvalue weighted by molar-refractivity contribution is 0.479. The molecule has 1 fully saturated rings. The summed E-state index contributed by atoms with van der Waals surface area (Å²) in [6.45, 7) is 5.20. The Balaban J connectivity index is 2.00. The summed E-state index contributed by atoms with van der Waals surface area (Å²) in [6.07, 6.45) is 3.66. The molecule has 1 atom stereocenters. The fraction of sp³-hybridized carbons (Fsp3) is 0.412. The first kappa shape index (κ1) is 13.8. The SMILES string of the molecule is Cc1nc(N2CCCC[C@H]2C)c2oc3ccc(Cl)cc3c2n1. The second-order valence-electron chi connectivity index (χ2n) is 6.05. The van der Waals surface area contributed by atoms with Gasteiger partial charge in [0.05, 0.1) is 0 Å². The van der Waals surface area contributed by atoms with Crippen LogP contribution in [0.15, 0.2) is 22.6 Å². The van der Waals surface area contributed by atoms with Crippen molar-refractivity contribution in [2.45, 2.75) is 39.2 Å². The molecular formula is C17H18ClN3O. The molecule has 0 spiro atoms. The quantitative estimate of drug-likeness (QED) is 0.652. The van der Waals surface area contributed by atoms with Gasteiger partial charge in [0.2, 0.25) is 0 Å². The van der Waals surface area contributed by atoms with Crippen molar-refractivity contribution >= 4 is 39.5 Å². The summed E-state index contributed by atoms with van der Waals surface area (Å²) in [5.41, 5.74) is 2.44. The lowest BCUT2D eigenvalue weighted by Crippen LogP contribution is -2.38. The Morgan fingerprint density at radius 2 is 2.14 bits per heavy atom. The number of anilines is 1. The zero-order valence-electron chi connectivity index (χ0n) is 12.8. The van der Waals surface area contributed by atoms with Crippen LogP contribution in [-0.4, -0.2) is 22.6 Å². The first-order valence-electron chi connectivity index (χ1n) is 7.76. The normalized spacial score (nSPS) is 19.2. The largest absolute Gasteiger partial charge is 0.450 e. The third kappa shape index (κ3) is 2.13. The maximum Gasteiger partial charge on any atom is 0.196 e. The number of furan rings is 1. The zero-order chi connectivity index (χ0) is 15.3. The summed E-state index contributed by atoms with van der Waals surface area (Å²) in [4.78, 5) is 11.6. The molecule has 114 valence electrons. The van der Waals surface area contributed by atoms with Gasteiger partial charge in [-0.05, 0) is 51.3 Å². The Hall–Kier alpha value is -1.81. The van der Waals surface area contributed by atoms with Crippen LogP contribution < -0.4 is 4.90 Å². The minimum Gasteiger partial charge on any atom is -0.450 e. The third-order valence-electron chi connectivity index (χ3n) is 4.44. The predicted molar refractivity (Wildman–Crippen MR) is 89.7 cm³/mol. The van der Waals surface area contributed by atoms with Crippen LogP contribution in [0.5, 0.6) is 0 Å². The highest BCUT2D eigenvalue weighted by molar-refractivity contribution is 6.31. The van der Waals surface area contributed by atoms with Gasteiger partial charge in [0.25, 0.3) is 0 Å². The number of hydrogen-bond donors (Lipinski definition) is 0. The molecule has 3 aromatic rings. The van der Waals surface area contributed by atoms with Crippen LogP contribution >= 0.6 is 11.6 Å². The summed E-state index contributed by atoms with van der Waals surface area (Å²) >= 11 is 6.13. The maximum absolute atomic E-state index is 6.13. The van der Waals surface area contributed by atoms with Gasteiger partial charge in [0.1, 0.15) is 16.9 Å². The van der Waals surface area contributed by atoms with Gasteiger partial charge in [0.15, 0.2) is 11.4 Å². The van der Waals surface area contributed by atoms with Crippen LogP contribution in [0.2, 0.25) is 5.02 Å². The van der Waals surface area contributed by atoms with Crippen LogP contribution in [0.1, 0.15) is 32.0 Å². The van der Waals surface area contributed by atoms with Gasteiger partial charge in [-0.3, -0.25) is 0 Å². The lowest BCUT2D eigenvalue weighted by atomic mass is 10.0. The van der Waals surface area contributed by atoms with Crippen molar-refractivity contribution in [2.75, 3.05) is 11.4 Å². The second kappa shape index (κ2) is 5.13. The van der Waals surface area contributed by atoms with E-state index in [1.54, 1.807) is 0 Å². The molecule has 0 unspecified atom stereocenters. The molecule has 0 saturated carbocycles. The van der Waals surface area contributed by atoms with E-state index in [1.165, 1.54) is 19.3 Å². The molecule has 0 aliphatic carbocycles. The molecule has 1 aliphatic heterocycles. The van der Waals surface area contributed by atoms with Crippen LogP contribution in [-0.2, 0) is 0 Å². The van der Waals surface area contributed by atoms with Crippen molar-refractivity contribution in [3.63, 3.8) is 0 Å². The average Bonchev–Trinajstić information content (AvgIpc) is 2.85. The minimum absolute atomic E-state index is 0.475. The standard InChI is InChI=1S/C17H18ClN3O/c1-10-5-3-4-8-21(10)17-16-15(19-11(2)20-17)13-9-12(18)6-7-14(13)22-16/h6-7,9-10H,3-5,8H2,1-2H3/t10-/m1/s1. The summed E-state index contributed by atoms with van der Waals surface area (Å²) in [7, 11) is 0. The highest BCUT2D eigenvalue weighted by Crippen LogP contribution is 2.36. The summed E-state index contributed by atoms with van der Waals surface area (Å²) < 4.78 is 6.07. The van der Waals surface area contributed by atoms with Gasteiger partial charge in [-0.1, -0.05) is 11.6 Å². The van der Waals surface area contributed by atoms with Crippen LogP contribution in [0, 0.1) is 6.92 Å². The summed E-state index contributed by atoms with van der Waals surface area (Å²) in [6, 6.07) is 6.13. The van der Waals surface area contributed by atoms with E-state index < -0.39 is 0 Å². The molecule has 5 heteroatoms. The summed E-state index contributed by atoms with van der Waals surface area (Å²) in [5, 5.41) is 1.65. The molecule has 0 amide bonds. The van der Waals surface area contributed by atoms with Crippen molar-refractivity contribution in [1.29, 1.82) is 0 Å². The van der Waals surface area contributed by atoms with E-state index in [0.717, 1.165) is 40.3 Å². The highest BCUT2D eigenvalue weighted by atomic mass is 35.5. The van der Waals surface area contributed by atoms with Crippen molar-refractivity contribution in [2.24, 2.45) is 0 Å². The van der Waals surface area contributed by atoms with E-state index in [1.807, 2.05) is 25.1 Å². The fourth-order valence-corrected chi connectivity index (χ4v) is 3.49. The number of aryl methyl sites for hydroxylation is 1. The molecule has 4 rings (SSSR count). The average molecular weight is 316 g/mol. The van der Waals surface area contributed by atoms with Crippen LogP contribution in [0.3, 0.4) is 0 Å². The smallest absolute Gasteiger partial charge is 0.196 e. The van der Waals surface area contributed by atoms with Gasteiger partial charge in [-0.25, -0.2) is 9.97 Å². The predicted octanol–water partition coefficient (Wildman–Crippen LogP) is 4.72. The number of piperidine rings is 1. The summed E-state index contributed by atoms with van der Waals surface area (Å²) in [5.74, 6) is 1.69. The molecular weight excluding hydrogens is 298 g/mol. The van der Waals surface area contributed by atoms with Crippen LogP contribution in [0.4, 0.5) is 5.82 Å². The van der Waals surface area contributed by atoms with E-state index in [-0.39, 0.29) is 0 Å². The Labute approximate surface area is 134 Å². The first-order valence-corrected chi connectivity index (χ1v) is 8.14. The Morgan fingerprint density at radius 3 is 2.95 bits per heavy atom. The van der Waals surface area contributed by atoms with Gasteiger partial charge < -0.3 is 9.32 Å². The van der Waals surface area contributed by atoms with E-state index in [4.69, 9.17) is 16.0 Å². The molecule has 0 N–H and O–H groups in total. The minimum atomic E-state index is 0.475. The van der Waals surface area contributed by atoms with Gasteiger partial charge >= 0.3 is 0 Å². The Bertz CT molecular complexity index is 858. The molecule has 0 bridgehead atoms. The number of benzene rings is 1. The zero-order valence-corrected chi connectivity index (χ0v) is 13.5. The second-order valence-corrected chi connectivity index (χ2v) is 6.49. The van der Waals surface area contributed by atoms with E-state index in [0.29, 0.717) is 11.1 Å². The van der Waals surface area contributed by atoms with Crippen molar-refractivity contribution in [1.82, 2.24) is 9.97 Å². The van der Waals surface area contributed by atoms with E-state index in [9.17, 15) is 0 Å². The van der Waals surface area contributed by atoms with E-state index in [2.05, 4.69) is 21.8 Å². The highest BCUT2D eigenvalue weighted by Gasteiger charge is 2.25. The van der Waals surface area contributed by atoms with E-state index >= 15 is 0 Å². The number of nitrogens with zero attached hydrogens (tertiary/aromatic N) is 3. The Kier molecular flexibility index (Phi) is 3.22. The number of fused-ring (bicyclic) bond motifs is 3. The van der Waals surface area contributed by atoms with Gasteiger partial charge in [-0.2, -0.15) is 0 Å². The van der Waals surface area contributed by atoms with Gasteiger partial charge in [-0.15, -0.1) is 0 Å². The third-order valence-corrected chi connectivity index (χ3v) is 4.68. The maximum atomic E-state index is 6.13. The molecule has 3 heterocycles. The topological polar surface area (TPSA) is 42.2 Å². The number of halogens is 1. The van der Waals surface area contributed by atoms with Crippen LogP contribution in [0.25, 0.3) is 22.1 Å². The fourth-order valence-electron chi connectivity index (χ4n) is 3.32. The monoisotopic (exact) mass is 315 g/mol.